The van der Waals surface area contributed by atoms with Crippen LogP contribution in [0.3, 0.4) is 0 Å². The lowest BCUT2D eigenvalue weighted by atomic mass is 10.1. The van der Waals surface area contributed by atoms with Gasteiger partial charge in [-0.3, -0.25) is 10.1 Å². The summed E-state index contributed by atoms with van der Waals surface area (Å²) in [4.78, 5) is 5.17. The highest BCUT2D eigenvalue weighted by Gasteiger charge is 2.23. The molecule has 3 aromatic rings. The number of rotatable bonds is 7. The number of aromatic nitrogens is 3. The third kappa shape index (κ3) is 4.81. The summed E-state index contributed by atoms with van der Waals surface area (Å²) in [6, 6.07) is 5.62. The highest BCUT2D eigenvalue weighted by Crippen LogP contribution is 2.39. The molecule has 8 nitrogen and oxygen atoms in total. The summed E-state index contributed by atoms with van der Waals surface area (Å²) in [5.41, 5.74) is 3.16. The van der Waals surface area contributed by atoms with Crippen LogP contribution in [0.1, 0.15) is 32.0 Å². The van der Waals surface area contributed by atoms with Gasteiger partial charge >= 0.3 is 0 Å². The second-order valence-electron chi connectivity index (χ2n) is 7.73. The number of benzene rings is 1. The Balaban J connectivity index is 2.05. The van der Waals surface area contributed by atoms with E-state index in [1.807, 2.05) is 52.8 Å². The number of nitrogens with one attached hydrogen (secondary N) is 2. The van der Waals surface area contributed by atoms with Gasteiger partial charge in [0.1, 0.15) is 12.4 Å². The molecule has 0 radical (unpaired) electrons. The van der Waals surface area contributed by atoms with Gasteiger partial charge in [-0.05, 0) is 58.7 Å². The van der Waals surface area contributed by atoms with Crippen LogP contribution in [0.25, 0.3) is 10.9 Å². The number of pyridine rings is 1. The van der Waals surface area contributed by atoms with Crippen LogP contribution in [-0.2, 0) is 0 Å². The number of hydroxylamine groups is 1. The SMILES string of the molecule is Cc1[nH]nc(Nc2ccnc3cc(OCCO)c(SN(O)C(C)(C)C)cc23)c1C. The lowest BCUT2D eigenvalue weighted by molar-refractivity contribution is -0.0553. The molecule has 156 valence electrons. The van der Waals surface area contributed by atoms with Crippen LogP contribution >= 0.6 is 11.9 Å². The van der Waals surface area contributed by atoms with Crippen molar-refractivity contribution in [3.05, 3.63) is 35.7 Å². The van der Waals surface area contributed by atoms with E-state index >= 15 is 0 Å². The summed E-state index contributed by atoms with van der Waals surface area (Å²) in [6.07, 6.45) is 1.72. The zero-order valence-corrected chi connectivity index (χ0v) is 18.1. The molecule has 2 aromatic heterocycles. The number of aryl methyl sites for hydroxylation is 1. The summed E-state index contributed by atoms with van der Waals surface area (Å²) < 4.78 is 6.89. The maximum Gasteiger partial charge on any atom is 0.155 e. The standard InChI is InChI=1S/C20H27N5O3S/c1-12-13(2)23-24-19(12)22-15-6-7-21-16-11-17(28-9-8-26)18(10-14(15)16)29-25(27)20(3,4)5/h6-7,10-11,26-27H,8-9H2,1-5H3,(H2,21,22,23,24). The van der Waals surface area contributed by atoms with Gasteiger partial charge in [0.2, 0.25) is 0 Å². The molecule has 0 saturated carbocycles. The average Bonchev–Trinajstić information content (AvgIpc) is 2.98. The molecule has 2 heterocycles. The smallest absolute Gasteiger partial charge is 0.155 e. The van der Waals surface area contributed by atoms with Crippen LogP contribution in [0.2, 0.25) is 0 Å². The van der Waals surface area contributed by atoms with Crippen molar-refractivity contribution < 1.29 is 15.1 Å². The van der Waals surface area contributed by atoms with Crippen molar-refractivity contribution in [3.8, 4) is 5.75 Å². The molecule has 0 aliphatic rings. The lowest BCUT2D eigenvalue weighted by Crippen LogP contribution is -2.32. The first-order valence-electron chi connectivity index (χ1n) is 9.33. The number of hydrogen-bond acceptors (Lipinski definition) is 8. The zero-order chi connectivity index (χ0) is 21.2. The first kappa shape index (κ1) is 21.4. The Kier molecular flexibility index (Phi) is 6.33. The molecule has 0 saturated heterocycles. The number of anilines is 2. The van der Waals surface area contributed by atoms with Crippen molar-refractivity contribution in [2.75, 3.05) is 18.5 Å². The fourth-order valence-corrected chi connectivity index (χ4v) is 3.41. The van der Waals surface area contributed by atoms with E-state index in [0.29, 0.717) is 10.6 Å². The maximum atomic E-state index is 10.5. The molecule has 0 aliphatic heterocycles. The van der Waals surface area contributed by atoms with Gasteiger partial charge in [0, 0.05) is 34.4 Å². The van der Waals surface area contributed by atoms with Crippen LogP contribution in [0.5, 0.6) is 5.75 Å². The van der Waals surface area contributed by atoms with E-state index in [1.165, 1.54) is 16.4 Å². The first-order chi connectivity index (χ1) is 13.7. The predicted octanol–water partition coefficient (Wildman–Crippen LogP) is 4.19. The Labute approximate surface area is 174 Å². The topological polar surface area (TPSA) is 107 Å². The van der Waals surface area contributed by atoms with Gasteiger partial charge in [-0.1, -0.05) is 0 Å². The Bertz CT molecular complexity index is 1000. The highest BCUT2D eigenvalue weighted by atomic mass is 32.2. The largest absolute Gasteiger partial charge is 0.490 e. The molecular formula is C20H27N5O3S. The van der Waals surface area contributed by atoms with Gasteiger partial charge < -0.3 is 20.4 Å². The lowest BCUT2D eigenvalue weighted by Gasteiger charge is -2.28. The number of nitrogens with zero attached hydrogens (tertiary/aromatic N) is 3. The second kappa shape index (κ2) is 8.58. The minimum absolute atomic E-state index is 0.100. The van der Waals surface area contributed by atoms with Gasteiger partial charge in [0.15, 0.2) is 5.82 Å². The molecule has 0 fully saturated rings. The summed E-state index contributed by atoms with van der Waals surface area (Å²) in [6.45, 7) is 9.76. The summed E-state index contributed by atoms with van der Waals surface area (Å²) in [5, 5.41) is 31.1. The Morgan fingerprint density at radius 2 is 2.03 bits per heavy atom. The van der Waals surface area contributed by atoms with E-state index in [-0.39, 0.29) is 13.2 Å². The van der Waals surface area contributed by atoms with Crippen molar-refractivity contribution in [3.63, 3.8) is 0 Å². The molecule has 9 heteroatoms. The van der Waals surface area contributed by atoms with Crippen LogP contribution in [0, 0.1) is 13.8 Å². The predicted molar refractivity (Wildman–Crippen MR) is 115 cm³/mol. The summed E-state index contributed by atoms with van der Waals surface area (Å²) in [5.74, 6) is 1.31. The van der Waals surface area contributed by atoms with E-state index in [1.54, 1.807) is 6.20 Å². The molecule has 0 amide bonds. The van der Waals surface area contributed by atoms with Crippen molar-refractivity contribution in [2.45, 2.75) is 45.1 Å². The van der Waals surface area contributed by atoms with Gasteiger partial charge in [-0.25, -0.2) is 0 Å². The molecule has 1 aromatic carbocycles. The number of hydrogen-bond donors (Lipinski definition) is 4. The van der Waals surface area contributed by atoms with E-state index in [2.05, 4.69) is 20.5 Å². The highest BCUT2D eigenvalue weighted by molar-refractivity contribution is 7.97. The van der Waals surface area contributed by atoms with Crippen LogP contribution in [0.4, 0.5) is 11.5 Å². The third-order valence-electron chi connectivity index (χ3n) is 4.42. The monoisotopic (exact) mass is 417 g/mol. The van der Waals surface area contributed by atoms with Crippen LogP contribution in [-0.4, -0.2) is 48.7 Å². The third-order valence-corrected chi connectivity index (χ3v) is 5.66. The Hall–Kier alpha value is -2.33. The number of ether oxygens (including phenoxy) is 1. The van der Waals surface area contributed by atoms with Gasteiger partial charge in [0.05, 0.1) is 22.7 Å². The number of aliphatic hydroxyl groups is 1. The number of fused-ring (bicyclic) bond motifs is 1. The van der Waals surface area contributed by atoms with Gasteiger partial charge in [-0.15, -0.1) is 4.47 Å². The second-order valence-corrected chi connectivity index (χ2v) is 8.70. The quantitative estimate of drug-likeness (QED) is 0.335. The minimum Gasteiger partial charge on any atom is -0.490 e. The maximum absolute atomic E-state index is 10.5. The van der Waals surface area contributed by atoms with E-state index < -0.39 is 5.54 Å². The van der Waals surface area contributed by atoms with Crippen molar-refractivity contribution in [1.82, 2.24) is 19.6 Å². The molecule has 3 rings (SSSR count). The molecule has 0 spiro atoms. The van der Waals surface area contributed by atoms with E-state index in [0.717, 1.165) is 33.7 Å². The molecule has 0 atom stereocenters. The molecule has 4 N–H and O–H groups in total. The molecule has 29 heavy (non-hydrogen) atoms. The normalized spacial score (nSPS) is 12.0. The number of aliphatic hydroxyl groups excluding tert-OH is 1. The molecule has 0 aliphatic carbocycles. The summed E-state index contributed by atoms with van der Waals surface area (Å²) in [7, 11) is 0. The van der Waals surface area contributed by atoms with Crippen molar-refractivity contribution in [2.24, 2.45) is 0 Å². The van der Waals surface area contributed by atoms with Crippen molar-refractivity contribution >= 4 is 34.4 Å². The van der Waals surface area contributed by atoms with Gasteiger partial charge in [-0.2, -0.15) is 5.10 Å². The van der Waals surface area contributed by atoms with Crippen LogP contribution in [0.15, 0.2) is 29.3 Å². The minimum atomic E-state index is -0.465. The van der Waals surface area contributed by atoms with E-state index in [9.17, 15) is 5.21 Å². The number of H-pyrrole nitrogens is 1. The Morgan fingerprint density at radius 3 is 2.66 bits per heavy atom. The van der Waals surface area contributed by atoms with Crippen molar-refractivity contribution in [1.29, 1.82) is 0 Å². The zero-order valence-electron chi connectivity index (χ0n) is 17.3. The van der Waals surface area contributed by atoms with Crippen LogP contribution < -0.4 is 10.1 Å². The molecular weight excluding hydrogens is 390 g/mol. The molecule has 0 unspecified atom stereocenters. The fourth-order valence-electron chi connectivity index (χ4n) is 2.57. The Morgan fingerprint density at radius 1 is 1.28 bits per heavy atom. The van der Waals surface area contributed by atoms with E-state index in [4.69, 9.17) is 9.84 Å². The average molecular weight is 418 g/mol. The molecule has 0 bridgehead atoms. The first-order valence-corrected chi connectivity index (χ1v) is 10.1. The number of aromatic amines is 1. The fraction of sp³-hybridized carbons (Fsp3) is 0.400. The van der Waals surface area contributed by atoms with Gasteiger partial charge in [0.25, 0.3) is 0 Å². The summed E-state index contributed by atoms with van der Waals surface area (Å²) >= 11 is 1.17.